The second-order valence-corrected chi connectivity index (χ2v) is 5.39. The van der Waals surface area contributed by atoms with Crippen molar-refractivity contribution in [3.63, 3.8) is 0 Å². The topological polar surface area (TPSA) is 67.4 Å². The third-order valence-electron chi connectivity index (χ3n) is 3.16. The minimum atomic E-state index is -0.233. The number of amides is 2. The smallest absolute Gasteiger partial charge is 0.255 e. The number of carbonyl (C=O) groups excluding carboxylic acids is 2. The molecule has 0 aliphatic heterocycles. The molecule has 2 aromatic rings. The average Bonchev–Trinajstić information content (AvgIpc) is 2.55. The van der Waals surface area contributed by atoms with Crippen molar-refractivity contribution >= 4 is 17.5 Å². The first-order valence-electron chi connectivity index (χ1n) is 7.36. The van der Waals surface area contributed by atoms with Crippen molar-refractivity contribution in [2.24, 2.45) is 0 Å². The number of methoxy groups -OCH3 is 1. The molecule has 0 aliphatic carbocycles. The van der Waals surface area contributed by atoms with Gasteiger partial charge in [0.15, 0.2) is 0 Å². The van der Waals surface area contributed by atoms with Crippen molar-refractivity contribution in [3.8, 4) is 5.75 Å². The lowest BCUT2D eigenvalue weighted by molar-refractivity contribution is 0.0942. The SMILES string of the molecule is COc1cccc(C(=O)Nc2ccc(C(=O)NC(C)C)cc2)c1. The third-order valence-corrected chi connectivity index (χ3v) is 3.16. The quantitative estimate of drug-likeness (QED) is 0.891. The fourth-order valence-corrected chi connectivity index (χ4v) is 2.02. The van der Waals surface area contributed by atoms with Crippen LogP contribution in [0.1, 0.15) is 34.6 Å². The zero-order chi connectivity index (χ0) is 16.8. The van der Waals surface area contributed by atoms with Crippen LogP contribution in [0.4, 0.5) is 5.69 Å². The Morgan fingerprint density at radius 2 is 1.65 bits per heavy atom. The Morgan fingerprint density at radius 1 is 0.957 bits per heavy atom. The molecule has 120 valence electrons. The molecule has 2 rings (SSSR count). The molecule has 5 heteroatoms. The molecule has 2 amide bonds. The molecule has 5 nitrogen and oxygen atoms in total. The molecule has 0 saturated heterocycles. The summed E-state index contributed by atoms with van der Waals surface area (Å²) in [4.78, 5) is 24.1. The fourth-order valence-electron chi connectivity index (χ4n) is 2.02. The zero-order valence-electron chi connectivity index (χ0n) is 13.4. The monoisotopic (exact) mass is 312 g/mol. The van der Waals surface area contributed by atoms with Crippen LogP contribution in [-0.2, 0) is 0 Å². The average molecular weight is 312 g/mol. The van der Waals surface area contributed by atoms with Crippen LogP contribution in [-0.4, -0.2) is 25.0 Å². The standard InChI is InChI=1S/C18H20N2O3/c1-12(2)19-17(21)13-7-9-15(10-8-13)20-18(22)14-5-4-6-16(11-14)23-3/h4-12H,1-3H3,(H,19,21)(H,20,22). The Labute approximate surface area is 135 Å². The maximum absolute atomic E-state index is 12.2. The van der Waals surface area contributed by atoms with Crippen LogP contribution in [0, 0.1) is 0 Å². The molecular weight excluding hydrogens is 292 g/mol. The van der Waals surface area contributed by atoms with Crippen molar-refractivity contribution < 1.29 is 14.3 Å². The first-order chi connectivity index (χ1) is 11.0. The number of nitrogens with one attached hydrogen (secondary N) is 2. The highest BCUT2D eigenvalue weighted by molar-refractivity contribution is 6.04. The van der Waals surface area contributed by atoms with E-state index in [0.29, 0.717) is 22.6 Å². The number of hydrogen-bond donors (Lipinski definition) is 2. The lowest BCUT2D eigenvalue weighted by atomic mass is 10.1. The van der Waals surface area contributed by atoms with Gasteiger partial charge in [-0.2, -0.15) is 0 Å². The van der Waals surface area contributed by atoms with Gasteiger partial charge in [0.1, 0.15) is 5.75 Å². The van der Waals surface area contributed by atoms with Crippen LogP contribution in [0.15, 0.2) is 48.5 Å². The van der Waals surface area contributed by atoms with Gasteiger partial charge in [0.25, 0.3) is 11.8 Å². The van der Waals surface area contributed by atoms with Gasteiger partial charge in [0.05, 0.1) is 7.11 Å². The lowest BCUT2D eigenvalue weighted by Crippen LogP contribution is -2.30. The van der Waals surface area contributed by atoms with Gasteiger partial charge in [0.2, 0.25) is 0 Å². The molecule has 0 atom stereocenters. The highest BCUT2D eigenvalue weighted by Crippen LogP contribution is 2.15. The van der Waals surface area contributed by atoms with Gasteiger partial charge in [-0.25, -0.2) is 0 Å². The molecule has 0 saturated carbocycles. The predicted octanol–water partition coefficient (Wildman–Crippen LogP) is 3.09. The second-order valence-electron chi connectivity index (χ2n) is 5.39. The van der Waals surface area contributed by atoms with Crippen LogP contribution in [0.25, 0.3) is 0 Å². The van der Waals surface area contributed by atoms with E-state index in [0.717, 1.165) is 0 Å². The van der Waals surface area contributed by atoms with Crippen LogP contribution in [0.3, 0.4) is 0 Å². The second kappa shape index (κ2) is 7.45. The van der Waals surface area contributed by atoms with Gasteiger partial charge in [-0.05, 0) is 56.3 Å². The van der Waals surface area contributed by atoms with E-state index in [2.05, 4.69) is 10.6 Å². The number of benzene rings is 2. The van der Waals surface area contributed by atoms with Crippen molar-refractivity contribution in [2.45, 2.75) is 19.9 Å². The highest BCUT2D eigenvalue weighted by Gasteiger charge is 2.09. The van der Waals surface area contributed by atoms with Crippen LogP contribution < -0.4 is 15.4 Å². The summed E-state index contributed by atoms with van der Waals surface area (Å²) >= 11 is 0. The third kappa shape index (κ3) is 4.57. The summed E-state index contributed by atoms with van der Waals surface area (Å²) in [6, 6.07) is 13.8. The largest absolute Gasteiger partial charge is 0.497 e. The number of ether oxygens (including phenoxy) is 1. The molecule has 0 unspecified atom stereocenters. The van der Waals surface area contributed by atoms with Crippen molar-refractivity contribution in [1.82, 2.24) is 5.32 Å². The Kier molecular flexibility index (Phi) is 5.36. The first kappa shape index (κ1) is 16.5. The van der Waals surface area contributed by atoms with E-state index in [4.69, 9.17) is 4.74 Å². The summed E-state index contributed by atoms with van der Waals surface area (Å²) in [5.74, 6) is 0.257. The van der Waals surface area contributed by atoms with E-state index < -0.39 is 0 Å². The van der Waals surface area contributed by atoms with E-state index in [1.54, 1.807) is 55.6 Å². The molecule has 0 aliphatic rings. The fraction of sp³-hybridized carbons (Fsp3) is 0.222. The maximum Gasteiger partial charge on any atom is 0.255 e. The van der Waals surface area contributed by atoms with Crippen molar-refractivity contribution in [1.29, 1.82) is 0 Å². The molecule has 0 aromatic heterocycles. The van der Waals surface area contributed by atoms with E-state index >= 15 is 0 Å². The molecule has 0 spiro atoms. The van der Waals surface area contributed by atoms with Crippen molar-refractivity contribution in [2.75, 3.05) is 12.4 Å². The molecule has 23 heavy (non-hydrogen) atoms. The molecule has 0 bridgehead atoms. The van der Waals surface area contributed by atoms with Gasteiger partial charge >= 0.3 is 0 Å². The molecule has 0 heterocycles. The summed E-state index contributed by atoms with van der Waals surface area (Å²) in [5.41, 5.74) is 1.68. The number of hydrogen-bond acceptors (Lipinski definition) is 3. The van der Waals surface area contributed by atoms with E-state index in [1.807, 2.05) is 13.8 Å². The molecule has 0 fully saturated rings. The lowest BCUT2D eigenvalue weighted by Gasteiger charge is -2.10. The van der Waals surface area contributed by atoms with Gasteiger partial charge < -0.3 is 15.4 Å². The minimum Gasteiger partial charge on any atom is -0.497 e. The Balaban J connectivity index is 2.05. The number of carbonyl (C=O) groups is 2. The Hall–Kier alpha value is -2.82. The number of rotatable bonds is 5. The highest BCUT2D eigenvalue weighted by atomic mass is 16.5. The molecule has 0 radical (unpaired) electrons. The van der Waals surface area contributed by atoms with E-state index in [9.17, 15) is 9.59 Å². The predicted molar refractivity (Wildman–Crippen MR) is 90.0 cm³/mol. The van der Waals surface area contributed by atoms with Gasteiger partial charge in [-0.1, -0.05) is 6.07 Å². The van der Waals surface area contributed by atoms with E-state index in [1.165, 1.54) is 0 Å². The summed E-state index contributed by atoms with van der Waals surface area (Å²) in [5, 5.41) is 5.61. The normalized spacial score (nSPS) is 10.3. The summed E-state index contributed by atoms with van der Waals surface area (Å²) in [7, 11) is 1.55. The zero-order valence-corrected chi connectivity index (χ0v) is 13.4. The van der Waals surface area contributed by atoms with E-state index in [-0.39, 0.29) is 17.9 Å². The van der Waals surface area contributed by atoms with Crippen LogP contribution in [0.5, 0.6) is 5.75 Å². The molecule has 2 aromatic carbocycles. The number of anilines is 1. The van der Waals surface area contributed by atoms with Crippen LogP contribution in [0.2, 0.25) is 0 Å². The molecular formula is C18H20N2O3. The first-order valence-corrected chi connectivity index (χ1v) is 7.36. The Morgan fingerprint density at radius 3 is 2.26 bits per heavy atom. The van der Waals surface area contributed by atoms with Gasteiger partial charge in [0, 0.05) is 22.9 Å². The van der Waals surface area contributed by atoms with Gasteiger partial charge in [-0.15, -0.1) is 0 Å². The molecule has 2 N–H and O–H groups in total. The Bertz CT molecular complexity index is 694. The van der Waals surface area contributed by atoms with Crippen molar-refractivity contribution in [3.05, 3.63) is 59.7 Å². The summed E-state index contributed by atoms with van der Waals surface area (Å²) in [6.45, 7) is 3.81. The van der Waals surface area contributed by atoms with Crippen LogP contribution >= 0.6 is 0 Å². The minimum absolute atomic E-state index is 0.0786. The summed E-state index contributed by atoms with van der Waals surface area (Å²) in [6.07, 6.45) is 0. The summed E-state index contributed by atoms with van der Waals surface area (Å²) < 4.78 is 5.10. The van der Waals surface area contributed by atoms with Gasteiger partial charge in [-0.3, -0.25) is 9.59 Å². The maximum atomic E-state index is 12.2.